The Labute approximate surface area is 176 Å². The van der Waals surface area contributed by atoms with Gasteiger partial charge in [-0.15, -0.1) is 0 Å². The molecule has 0 radical (unpaired) electrons. The van der Waals surface area contributed by atoms with E-state index in [-0.39, 0.29) is 6.61 Å². The minimum Gasteiger partial charge on any atom is -0.394 e. The summed E-state index contributed by atoms with van der Waals surface area (Å²) in [6.07, 6.45) is -21.7. The van der Waals surface area contributed by atoms with Gasteiger partial charge in [-0.3, -0.25) is 0 Å². The standard InChI is InChI=1S/C17H30O14/c1-4-7(20)10(23)12(25)16(28-4)31-14-11(24)9(22)6(2-18)29-17(14)30-13-8(21)5(19)3-27-15(13)26/h4-26H,2-3H2,1H3/t4-,5-,6+,7-,8-,9+,10+,11-,12+,13+,14+,15+,16-,17-/m0/s1. The van der Waals surface area contributed by atoms with E-state index in [4.69, 9.17) is 23.7 Å². The highest BCUT2D eigenvalue weighted by atomic mass is 16.8. The van der Waals surface area contributed by atoms with Gasteiger partial charge in [0, 0.05) is 0 Å². The van der Waals surface area contributed by atoms with Gasteiger partial charge >= 0.3 is 0 Å². The molecule has 0 aliphatic carbocycles. The highest BCUT2D eigenvalue weighted by molar-refractivity contribution is 4.94. The van der Waals surface area contributed by atoms with E-state index in [1.807, 2.05) is 0 Å². The summed E-state index contributed by atoms with van der Waals surface area (Å²) in [4.78, 5) is 0. The molecule has 0 bridgehead atoms. The van der Waals surface area contributed by atoms with Crippen LogP contribution in [0.25, 0.3) is 0 Å². The summed E-state index contributed by atoms with van der Waals surface area (Å²) in [5.41, 5.74) is 0. The molecular weight excluding hydrogens is 428 g/mol. The number of hydrogen-bond acceptors (Lipinski definition) is 14. The first-order valence-corrected chi connectivity index (χ1v) is 9.85. The van der Waals surface area contributed by atoms with E-state index in [0.29, 0.717) is 0 Å². The van der Waals surface area contributed by atoms with Gasteiger partial charge in [-0.05, 0) is 6.92 Å². The molecule has 3 heterocycles. The Kier molecular flexibility index (Phi) is 8.21. The summed E-state index contributed by atoms with van der Waals surface area (Å²) in [5, 5.41) is 89.9. The molecule has 14 atom stereocenters. The van der Waals surface area contributed by atoms with Crippen molar-refractivity contribution in [2.75, 3.05) is 13.2 Å². The minimum atomic E-state index is -1.77. The third-order valence-electron chi connectivity index (χ3n) is 5.67. The van der Waals surface area contributed by atoms with Crippen LogP contribution in [0, 0.1) is 0 Å². The Balaban J connectivity index is 1.80. The lowest BCUT2D eigenvalue weighted by molar-refractivity contribution is -0.385. The van der Waals surface area contributed by atoms with Gasteiger partial charge in [0.2, 0.25) is 0 Å². The Bertz CT molecular complexity index is 581. The van der Waals surface area contributed by atoms with Crippen LogP contribution >= 0.6 is 0 Å². The van der Waals surface area contributed by atoms with Crippen molar-refractivity contribution in [3.63, 3.8) is 0 Å². The van der Waals surface area contributed by atoms with Gasteiger partial charge in [0.15, 0.2) is 18.9 Å². The van der Waals surface area contributed by atoms with E-state index >= 15 is 0 Å². The molecule has 3 fully saturated rings. The second-order valence-electron chi connectivity index (χ2n) is 7.87. The molecule has 0 aromatic heterocycles. The van der Waals surface area contributed by atoms with Crippen molar-refractivity contribution in [3.05, 3.63) is 0 Å². The first kappa shape index (κ1) is 25.1. The van der Waals surface area contributed by atoms with Crippen LogP contribution in [0.4, 0.5) is 0 Å². The van der Waals surface area contributed by atoms with Crippen molar-refractivity contribution < 1.29 is 69.6 Å². The van der Waals surface area contributed by atoms with Crippen molar-refractivity contribution >= 4 is 0 Å². The summed E-state index contributed by atoms with van der Waals surface area (Å²) in [7, 11) is 0. The zero-order chi connectivity index (χ0) is 23.0. The van der Waals surface area contributed by atoms with Gasteiger partial charge in [0.1, 0.15) is 61.0 Å². The molecule has 3 aliphatic heterocycles. The molecule has 0 aromatic rings. The number of aliphatic hydroxyl groups is 9. The predicted octanol–water partition coefficient (Wildman–Crippen LogP) is -5.91. The van der Waals surface area contributed by atoms with Gasteiger partial charge in [0.05, 0.1) is 19.3 Å². The second kappa shape index (κ2) is 10.1. The van der Waals surface area contributed by atoms with E-state index in [2.05, 4.69) is 0 Å². The summed E-state index contributed by atoms with van der Waals surface area (Å²) in [6.45, 7) is 0.306. The van der Waals surface area contributed by atoms with Gasteiger partial charge in [-0.25, -0.2) is 0 Å². The molecule has 0 spiro atoms. The Morgan fingerprint density at radius 1 is 0.710 bits per heavy atom. The quantitative estimate of drug-likeness (QED) is 0.187. The van der Waals surface area contributed by atoms with E-state index in [1.54, 1.807) is 0 Å². The average Bonchev–Trinajstić information content (AvgIpc) is 2.74. The zero-order valence-electron chi connectivity index (χ0n) is 16.6. The summed E-state index contributed by atoms with van der Waals surface area (Å²) in [5.74, 6) is 0. The summed E-state index contributed by atoms with van der Waals surface area (Å²) >= 11 is 0. The number of ether oxygens (including phenoxy) is 5. The molecular formula is C17H30O14. The average molecular weight is 458 g/mol. The maximum Gasteiger partial charge on any atom is 0.187 e. The molecule has 182 valence electrons. The van der Waals surface area contributed by atoms with Crippen molar-refractivity contribution in [1.82, 2.24) is 0 Å². The predicted molar refractivity (Wildman–Crippen MR) is 93.8 cm³/mol. The largest absolute Gasteiger partial charge is 0.394 e. The molecule has 3 rings (SSSR count). The smallest absolute Gasteiger partial charge is 0.187 e. The maximum atomic E-state index is 10.5. The third-order valence-corrected chi connectivity index (χ3v) is 5.67. The third kappa shape index (κ3) is 5.02. The number of rotatable bonds is 5. The maximum absolute atomic E-state index is 10.5. The normalized spacial score (nSPS) is 54.0. The zero-order valence-corrected chi connectivity index (χ0v) is 16.6. The summed E-state index contributed by atoms with van der Waals surface area (Å²) in [6, 6.07) is 0. The molecule has 31 heavy (non-hydrogen) atoms. The number of hydrogen-bond donors (Lipinski definition) is 9. The molecule has 9 N–H and O–H groups in total. The molecule has 14 nitrogen and oxygen atoms in total. The second-order valence-corrected chi connectivity index (χ2v) is 7.87. The summed E-state index contributed by atoms with van der Waals surface area (Å²) < 4.78 is 26.6. The first-order valence-electron chi connectivity index (χ1n) is 9.85. The molecule has 14 heteroatoms. The Morgan fingerprint density at radius 3 is 2.00 bits per heavy atom. The van der Waals surface area contributed by atoms with Crippen molar-refractivity contribution in [2.45, 2.75) is 92.9 Å². The molecule has 0 aromatic carbocycles. The van der Waals surface area contributed by atoms with Gasteiger partial charge in [-0.1, -0.05) is 0 Å². The van der Waals surface area contributed by atoms with Crippen LogP contribution in [0.2, 0.25) is 0 Å². The highest BCUT2D eigenvalue weighted by Gasteiger charge is 2.52. The Morgan fingerprint density at radius 2 is 1.35 bits per heavy atom. The molecule has 0 unspecified atom stereocenters. The lowest BCUT2D eigenvalue weighted by Crippen LogP contribution is -2.65. The van der Waals surface area contributed by atoms with Crippen LogP contribution in [0.5, 0.6) is 0 Å². The van der Waals surface area contributed by atoms with Gasteiger partial charge in [0.25, 0.3) is 0 Å². The molecule has 0 saturated carbocycles. The highest BCUT2D eigenvalue weighted by Crippen LogP contribution is 2.31. The number of aliphatic hydroxyl groups excluding tert-OH is 9. The lowest BCUT2D eigenvalue weighted by Gasteiger charge is -2.47. The van der Waals surface area contributed by atoms with E-state index in [9.17, 15) is 46.0 Å². The lowest BCUT2D eigenvalue weighted by atomic mass is 9.97. The molecule has 3 aliphatic rings. The monoisotopic (exact) mass is 458 g/mol. The topological polar surface area (TPSA) is 228 Å². The van der Waals surface area contributed by atoms with Gasteiger partial charge < -0.3 is 69.6 Å². The van der Waals surface area contributed by atoms with Crippen molar-refractivity contribution in [3.8, 4) is 0 Å². The van der Waals surface area contributed by atoms with Crippen LogP contribution in [-0.2, 0) is 23.7 Å². The fraction of sp³-hybridized carbons (Fsp3) is 1.00. The Hall–Kier alpha value is -0.560. The fourth-order valence-corrected chi connectivity index (χ4v) is 3.67. The van der Waals surface area contributed by atoms with Crippen LogP contribution in [0.3, 0.4) is 0 Å². The van der Waals surface area contributed by atoms with E-state index in [1.165, 1.54) is 6.92 Å². The van der Waals surface area contributed by atoms with Crippen molar-refractivity contribution in [1.29, 1.82) is 0 Å². The minimum absolute atomic E-state index is 0.367. The van der Waals surface area contributed by atoms with Crippen LogP contribution in [0.1, 0.15) is 6.92 Å². The van der Waals surface area contributed by atoms with E-state index in [0.717, 1.165) is 0 Å². The van der Waals surface area contributed by atoms with Crippen LogP contribution in [0.15, 0.2) is 0 Å². The van der Waals surface area contributed by atoms with Gasteiger partial charge in [-0.2, -0.15) is 0 Å². The van der Waals surface area contributed by atoms with Crippen molar-refractivity contribution in [2.24, 2.45) is 0 Å². The van der Waals surface area contributed by atoms with E-state index < -0.39 is 92.6 Å². The SMILES string of the molecule is C[C@@H]1O[C@@H](O[C@H]2[C@H](O[C@@H]3[C@@H](O)[C@@H](O)CO[C@H]3O)O[C@H](CO)[C@@H](O)[C@@H]2O)[C@H](O)[C@H](O)[C@H]1O. The molecule has 3 saturated heterocycles. The fourth-order valence-electron chi connectivity index (χ4n) is 3.67. The van der Waals surface area contributed by atoms with Crippen LogP contribution < -0.4 is 0 Å². The molecule has 0 amide bonds. The van der Waals surface area contributed by atoms with Crippen LogP contribution in [-0.4, -0.2) is 145 Å². The first-order chi connectivity index (χ1) is 14.6.